The number of nitrogens with one attached hydrogen (secondary N) is 1. The molecule has 10 heteroatoms. The van der Waals surface area contributed by atoms with Crippen molar-refractivity contribution in [1.29, 1.82) is 0 Å². The molecule has 0 unspecified atom stereocenters. The van der Waals surface area contributed by atoms with Gasteiger partial charge in [0.2, 0.25) is 5.91 Å². The van der Waals surface area contributed by atoms with Crippen LogP contribution in [0.3, 0.4) is 0 Å². The van der Waals surface area contributed by atoms with Gasteiger partial charge in [0.25, 0.3) is 0 Å². The molecule has 0 aliphatic carbocycles. The number of amides is 1. The Hall–Kier alpha value is -3.56. The zero-order chi connectivity index (χ0) is 25.4. The summed E-state index contributed by atoms with van der Waals surface area (Å²) in [5.74, 6) is -1.74. The zero-order valence-corrected chi connectivity index (χ0v) is 20.1. The van der Waals surface area contributed by atoms with Crippen LogP contribution in [0.5, 0.6) is 11.5 Å². The van der Waals surface area contributed by atoms with Crippen LogP contribution in [-0.4, -0.2) is 56.3 Å². The van der Waals surface area contributed by atoms with Gasteiger partial charge in [-0.1, -0.05) is 11.6 Å². The minimum atomic E-state index is -0.948. The minimum Gasteiger partial charge on any atom is -0.507 e. The third kappa shape index (κ3) is 6.27. The summed E-state index contributed by atoms with van der Waals surface area (Å²) in [4.78, 5) is 47.6. The van der Waals surface area contributed by atoms with Crippen LogP contribution in [0.15, 0.2) is 11.6 Å². The molecular formula is C24H31NO9. The number of allylic oxidation sites excluding steroid dienone is 2. The molecule has 1 aliphatic rings. The molecule has 0 radical (unpaired) electrons. The number of esters is 3. The van der Waals surface area contributed by atoms with Crippen molar-refractivity contribution in [2.24, 2.45) is 0 Å². The first kappa shape index (κ1) is 26.7. The second-order valence-electron chi connectivity index (χ2n) is 7.93. The Kier molecular flexibility index (Phi) is 9.47. The molecule has 2 rings (SSSR count). The lowest BCUT2D eigenvalue weighted by molar-refractivity contribution is -0.146. The van der Waals surface area contributed by atoms with Crippen LogP contribution in [0.4, 0.5) is 0 Å². The van der Waals surface area contributed by atoms with Crippen molar-refractivity contribution in [1.82, 2.24) is 5.32 Å². The molecule has 2 N–H and O–H groups in total. The third-order valence-electron chi connectivity index (χ3n) is 5.73. The fraction of sp³-hybridized carbons (Fsp3) is 0.500. The monoisotopic (exact) mass is 477 g/mol. The molecule has 1 aromatic carbocycles. The molecule has 0 bridgehead atoms. The first-order valence-corrected chi connectivity index (χ1v) is 10.8. The van der Waals surface area contributed by atoms with Crippen LogP contribution in [-0.2, 0) is 41.6 Å². The molecule has 0 fully saturated rings. The standard InChI is InChI=1S/C24H31NO9/c1-13(7-10-18(26)25-17(23(29)33-5)9-11-19(27)31-3)6-8-15-21(28)20-16(12-34-24(20)30)14(2)22(15)32-4/h6,17,28H,7-12H2,1-5H3,(H,25,26)/b13-6+/t17-/m0/s1. The van der Waals surface area contributed by atoms with Gasteiger partial charge < -0.3 is 29.4 Å². The molecule has 1 aromatic rings. The topological polar surface area (TPSA) is 137 Å². The molecule has 34 heavy (non-hydrogen) atoms. The maximum absolute atomic E-state index is 12.4. The van der Waals surface area contributed by atoms with Gasteiger partial charge in [-0.3, -0.25) is 9.59 Å². The summed E-state index contributed by atoms with van der Waals surface area (Å²) in [5.41, 5.74) is 2.85. The molecule has 0 saturated heterocycles. The molecule has 1 atom stereocenters. The minimum absolute atomic E-state index is 0.0332. The highest BCUT2D eigenvalue weighted by Gasteiger charge is 2.31. The van der Waals surface area contributed by atoms with E-state index in [2.05, 4.69) is 14.8 Å². The number of cyclic esters (lactones) is 1. The summed E-state index contributed by atoms with van der Waals surface area (Å²) in [6, 6.07) is -0.948. The second kappa shape index (κ2) is 12.1. The van der Waals surface area contributed by atoms with Crippen LogP contribution in [0.1, 0.15) is 59.7 Å². The van der Waals surface area contributed by atoms with Crippen molar-refractivity contribution >= 4 is 23.8 Å². The molecule has 0 spiro atoms. The number of phenolic OH excluding ortho intramolecular Hbond substituents is 1. The van der Waals surface area contributed by atoms with Gasteiger partial charge in [-0.2, -0.15) is 0 Å². The van der Waals surface area contributed by atoms with Crippen LogP contribution >= 0.6 is 0 Å². The van der Waals surface area contributed by atoms with E-state index < -0.39 is 23.9 Å². The molecule has 186 valence electrons. The average molecular weight is 478 g/mol. The second-order valence-corrected chi connectivity index (χ2v) is 7.93. The van der Waals surface area contributed by atoms with Gasteiger partial charge in [0.05, 0.1) is 21.3 Å². The number of ether oxygens (including phenoxy) is 4. The summed E-state index contributed by atoms with van der Waals surface area (Å²) in [6.45, 7) is 3.74. The Morgan fingerprint density at radius 1 is 1.15 bits per heavy atom. The van der Waals surface area contributed by atoms with E-state index in [1.807, 2.05) is 13.0 Å². The number of hydrogen-bond acceptors (Lipinski definition) is 9. The number of rotatable bonds is 11. The summed E-state index contributed by atoms with van der Waals surface area (Å²) in [7, 11) is 3.94. The van der Waals surface area contributed by atoms with Gasteiger partial charge in [-0.15, -0.1) is 0 Å². The Morgan fingerprint density at radius 3 is 2.47 bits per heavy atom. The normalized spacial score (nSPS) is 13.6. The number of aromatic hydroxyl groups is 1. The molecular weight excluding hydrogens is 446 g/mol. The van der Waals surface area contributed by atoms with E-state index in [0.29, 0.717) is 23.3 Å². The van der Waals surface area contributed by atoms with Crippen molar-refractivity contribution in [3.8, 4) is 11.5 Å². The third-order valence-corrected chi connectivity index (χ3v) is 5.73. The van der Waals surface area contributed by atoms with E-state index in [0.717, 1.165) is 11.1 Å². The van der Waals surface area contributed by atoms with Crippen molar-refractivity contribution in [3.05, 3.63) is 33.9 Å². The quantitative estimate of drug-likeness (QED) is 0.279. The lowest BCUT2D eigenvalue weighted by Gasteiger charge is -2.16. The van der Waals surface area contributed by atoms with Gasteiger partial charge in [-0.05, 0) is 38.7 Å². The van der Waals surface area contributed by atoms with E-state index in [1.165, 1.54) is 21.3 Å². The van der Waals surface area contributed by atoms with Crippen molar-refractivity contribution in [2.75, 3.05) is 21.3 Å². The van der Waals surface area contributed by atoms with Crippen LogP contribution in [0.2, 0.25) is 0 Å². The van der Waals surface area contributed by atoms with Gasteiger partial charge >= 0.3 is 17.9 Å². The summed E-state index contributed by atoms with van der Waals surface area (Å²) in [5, 5.41) is 13.3. The first-order valence-electron chi connectivity index (χ1n) is 10.8. The van der Waals surface area contributed by atoms with E-state index in [-0.39, 0.29) is 49.5 Å². The number of benzene rings is 1. The van der Waals surface area contributed by atoms with Gasteiger partial charge in [0, 0.05) is 24.0 Å². The maximum atomic E-state index is 12.4. The molecule has 0 aromatic heterocycles. The molecule has 1 aliphatic heterocycles. The van der Waals surface area contributed by atoms with Crippen LogP contribution in [0, 0.1) is 6.92 Å². The van der Waals surface area contributed by atoms with Crippen LogP contribution < -0.4 is 10.1 Å². The van der Waals surface area contributed by atoms with E-state index in [4.69, 9.17) is 9.47 Å². The highest BCUT2D eigenvalue weighted by molar-refractivity contribution is 5.98. The largest absolute Gasteiger partial charge is 0.507 e. The lowest BCUT2D eigenvalue weighted by atomic mass is 9.94. The van der Waals surface area contributed by atoms with E-state index in [1.54, 1.807) is 6.92 Å². The predicted molar refractivity (Wildman–Crippen MR) is 120 cm³/mol. The smallest absolute Gasteiger partial charge is 0.342 e. The average Bonchev–Trinajstić information content (AvgIpc) is 3.22. The number of fused-ring (bicyclic) bond motifs is 1. The molecule has 10 nitrogen and oxygen atoms in total. The lowest BCUT2D eigenvalue weighted by Crippen LogP contribution is -2.41. The van der Waals surface area contributed by atoms with Crippen LogP contribution in [0.25, 0.3) is 0 Å². The summed E-state index contributed by atoms with van der Waals surface area (Å²) >= 11 is 0. The molecule has 1 amide bonds. The summed E-state index contributed by atoms with van der Waals surface area (Å²) in [6.07, 6.45) is 2.66. The highest BCUT2D eigenvalue weighted by atomic mass is 16.5. The van der Waals surface area contributed by atoms with Gasteiger partial charge in [-0.25, -0.2) is 9.59 Å². The molecule has 0 saturated carbocycles. The van der Waals surface area contributed by atoms with Gasteiger partial charge in [0.1, 0.15) is 29.7 Å². The van der Waals surface area contributed by atoms with Crippen molar-refractivity contribution < 1.29 is 43.2 Å². The number of carbonyl (C=O) groups is 4. The highest BCUT2D eigenvalue weighted by Crippen LogP contribution is 2.42. The fourth-order valence-corrected chi connectivity index (χ4v) is 3.74. The molecule has 1 heterocycles. The Labute approximate surface area is 198 Å². The number of phenols is 1. The number of methoxy groups -OCH3 is 3. The fourth-order valence-electron chi connectivity index (χ4n) is 3.74. The van der Waals surface area contributed by atoms with Crippen molar-refractivity contribution in [3.63, 3.8) is 0 Å². The SMILES string of the molecule is COC(=O)CC[C@H](NC(=O)CC/C(C)=C/Cc1c(O)c2c(c(C)c1OC)COC2=O)C(=O)OC. The predicted octanol–water partition coefficient (Wildman–Crippen LogP) is 2.26. The summed E-state index contributed by atoms with van der Waals surface area (Å²) < 4.78 is 19.8. The van der Waals surface area contributed by atoms with E-state index in [9.17, 15) is 24.3 Å². The Morgan fingerprint density at radius 2 is 1.85 bits per heavy atom. The Bertz CT molecular complexity index is 997. The Balaban J connectivity index is 2.03. The number of hydrogen-bond donors (Lipinski definition) is 2. The maximum Gasteiger partial charge on any atom is 0.342 e. The first-order chi connectivity index (χ1) is 16.1. The number of carbonyl (C=O) groups excluding carboxylic acids is 4. The van der Waals surface area contributed by atoms with Crippen molar-refractivity contribution in [2.45, 2.75) is 58.6 Å². The van der Waals surface area contributed by atoms with E-state index >= 15 is 0 Å². The van der Waals surface area contributed by atoms with Gasteiger partial charge in [0.15, 0.2) is 0 Å². The zero-order valence-electron chi connectivity index (χ0n) is 20.1.